The second-order valence-corrected chi connectivity index (χ2v) is 7.96. The molecule has 0 N–H and O–H groups in total. The van der Waals surface area contributed by atoms with E-state index in [0.717, 1.165) is 0 Å². The quantitative estimate of drug-likeness (QED) is 0.439. The van der Waals surface area contributed by atoms with Crippen LogP contribution in [0.4, 0.5) is 0 Å². The summed E-state index contributed by atoms with van der Waals surface area (Å²) in [6, 6.07) is 17.8. The van der Waals surface area contributed by atoms with Crippen molar-refractivity contribution >= 4 is 0 Å². The summed E-state index contributed by atoms with van der Waals surface area (Å²) in [5, 5.41) is 0. The van der Waals surface area contributed by atoms with Crippen molar-refractivity contribution in [2.75, 3.05) is 0 Å². The van der Waals surface area contributed by atoms with Crippen LogP contribution in [0.15, 0.2) is 48.5 Å². The van der Waals surface area contributed by atoms with Crippen LogP contribution in [0.5, 0.6) is 0 Å². The molecule has 0 spiro atoms. The van der Waals surface area contributed by atoms with Gasteiger partial charge in [0.1, 0.15) is 0 Å². The largest absolute Gasteiger partial charge is 0.0683 e. The molecule has 0 saturated heterocycles. The number of benzene rings is 2. The summed E-state index contributed by atoms with van der Waals surface area (Å²) in [5.74, 6) is 2.57. The maximum atomic E-state index is 2.31. The summed E-state index contributed by atoms with van der Waals surface area (Å²) < 4.78 is 0. The van der Waals surface area contributed by atoms with Gasteiger partial charge in [0.2, 0.25) is 0 Å². The first-order chi connectivity index (χ1) is 15.2. The Bertz CT molecular complexity index is 535. The Hall–Kier alpha value is -1.56. The minimum atomic E-state index is 0.642. The summed E-state index contributed by atoms with van der Waals surface area (Å²) in [6.07, 6.45) is 0. The van der Waals surface area contributed by atoms with Gasteiger partial charge in [0.05, 0.1) is 0 Å². The van der Waals surface area contributed by atoms with E-state index >= 15 is 0 Å². The third kappa shape index (κ3) is 18.1. The molecule has 0 nitrogen and oxygen atoms in total. The first-order valence-corrected chi connectivity index (χ1v) is 13.4. The van der Waals surface area contributed by atoms with Crippen molar-refractivity contribution in [3.63, 3.8) is 0 Å². The molecule has 0 bridgehead atoms. The van der Waals surface area contributed by atoms with E-state index in [1.165, 1.54) is 22.3 Å². The van der Waals surface area contributed by atoms with Gasteiger partial charge in [-0.2, -0.15) is 0 Å². The van der Waals surface area contributed by atoms with Gasteiger partial charge >= 0.3 is 0 Å². The number of rotatable bonds is 4. The Morgan fingerprint density at radius 3 is 0.750 bits per heavy atom. The van der Waals surface area contributed by atoms with Crippen molar-refractivity contribution in [1.29, 1.82) is 0 Å². The van der Waals surface area contributed by atoms with Crippen LogP contribution in [-0.2, 0) is 0 Å². The Morgan fingerprint density at radius 2 is 0.562 bits per heavy atom. The maximum absolute atomic E-state index is 2.31. The Morgan fingerprint density at radius 1 is 0.344 bits per heavy atom. The smallest absolute Gasteiger partial charge is 0.0219 e. The molecule has 0 saturated carbocycles. The molecule has 32 heavy (non-hydrogen) atoms. The summed E-state index contributed by atoms with van der Waals surface area (Å²) in [7, 11) is 0. The first-order valence-electron chi connectivity index (χ1n) is 13.4. The number of hydrogen-bond donors (Lipinski definition) is 0. The Balaban J connectivity index is -0.000000187. The van der Waals surface area contributed by atoms with Gasteiger partial charge in [-0.25, -0.2) is 0 Å². The molecule has 0 unspecified atom stereocenters. The lowest BCUT2D eigenvalue weighted by atomic mass is 9.96. The third-order valence-electron chi connectivity index (χ3n) is 4.51. The molecule has 0 aliphatic rings. The lowest BCUT2D eigenvalue weighted by Crippen LogP contribution is -1.91. The molecule has 0 aliphatic carbocycles. The van der Waals surface area contributed by atoms with E-state index in [2.05, 4.69) is 104 Å². The van der Waals surface area contributed by atoms with Crippen LogP contribution in [0.2, 0.25) is 0 Å². The van der Waals surface area contributed by atoms with Crippen molar-refractivity contribution in [3.05, 3.63) is 70.8 Å². The Labute approximate surface area is 205 Å². The second-order valence-electron chi connectivity index (χ2n) is 7.96. The zero-order chi connectivity index (χ0) is 26.3. The zero-order valence-corrected chi connectivity index (χ0v) is 24.9. The lowest BCUT2D eigenvalue weighted by molar-refractivity contribution is 0.834. The van der Waals surface area contributed by atoms with Crippen molar-refractivity contribution in [3.8, 4) is 0 Å². The van der Waals surface area contributed by atoms with Crippen molar-refractivity contribution in [1.82, 2.24) is 0 Å². The monoisotopic (exact) mass is 444 g/mol. The molecule has 2 aromatic carbocycles. The van der Waals surface area contributed by atoms with E-state index in [-0.39, 0.29) is 0 Å². The molecule has 0 heterocycles. The molecule has 0 aliphatic heterocycles. The molecule has 2 aromatic rings. The molecule has 0 fully saturated rings. The predicted octanol–water partition coefficient (Wildman–Crippen LogP) is 12.0. The molecule has 0 heteroatoms. The first kappa shape index (κ1) is 37.7. The third-order valence-corrected chi connectivity index (χ3v) is 4.51. The SMILES string of the molecule is CC.CC.CC.CC.CC(C)c1ccc(C(C)C)cc1.CC(C)c1cccc(C(C)C)c1. The predicted molar refractivity (Wildman–Crippen MR) is 155 cm³/mol. The minimum absolute atomic E-state index is 0.642. The van der Waals surface area contributed by atoms with Crippen molar-refractivity contribution < 1.29 is 0 Å². The van der Waals surface area contributed by atoms with E-state index < -0.39 is 0 Å². The van der Waals surface area contributed by atoms with Gasteiger partial charge in [0.25, 0.3) is 0 Å². The Kier molecular flexibility index (Phi) is 30.3. The fraction of sp³-hybridized carbons (Fsp3) is 0.625. The summed E-state index contributed by atoms with van der Waals surface area (Å²) in [6.45, 7) is 33.8. The fourth-order valence-electron chi connectivity index (χ4n) is 2.54. The van der Waals surface area contributed by atoms with E-state index in [1.54, 1.807) is 0 Å². The van der Waals surface area contributed by atoms with Crippen LogP contribution in [0.3, 0.4) is 0 Å². The molecular formula is C32H60. The van der Waals surface area contributed by atoms with Gasteiger partial charge in [-0.3, -0.25) is 0 Å². The molecular weight excluding hydrogens is 384 g/mol. The maximum Gasteiger partial charge on any atom is -0.0219 e. The van der Waals surface area contributed by atoms with Crippen LogP contribution in [0, 0.1) is 0 Å². The molecule has 0 atom stereocenters. The average molecular weight is 445 g/mol. The zero-order valence-electron chi connectivity index (χ0n) is 24.9. The van der Waals surface area contributed by atoms with Crippen LogP contribution < -0.4 is 0 Å². The minimum Gasteiger partial charge on any atom is -0.0683 e. The second kappa shape index (κ2) is 25.7. The van der Waals surface area contributed by atoms with Gasteiger partial charge in [-0.05, 0) is 45.9 Å². The van der Waals surface area contributed by atoms with E-state index in [9.17, 15) is 0 Å². The normalized spacial score (nSPS) is 9.12. The average Bonchev–Trinajstić information content (AvgIpc) is 2.84. The molecule has 0 aromatic heterocycles. The summed E-state index contributed by atoms with van der Waals surface area (Å²) in [4.78, 5) is 0. The van der Waals surface area contributed by atoms with Gasteiger partial charge in [-0.1, -0.05) is 159 Å². The van der Waals surface area contributed by atoms with Crippen LogP contribution >= 0.6 is 0 Å². The van der Waals surface area contributed by atoms with Crippen LogP contribution in [-0.4, -0.2) is 0 Å². The van der Waals surface area contributed by atoms with Crippen molar-refractivity contribution in [2.45, 2.75) is 134 Å². The molecule has 2 rings (SSSR count). The highest BCUT2D eigenvalue weighted by Gasteiger charge is 2.02. The highest BCUT2D eigenvalue weighted by Crippen LogP contribution is 2.20. The lowest BCUT2D eigenvalue weighted by Gasteiger charge is -2.09. The summed E-state index contributed by atoms with van der Waals surface area (Å²) in [5.41, 5.74) is 5.75. The highest BCUT2D eigenvalue weighted by atomic mass is 14.1. The molecule has 0 amide bonds. The van der Waals surface area contributed by atoms with Gasteiger partial charge in [-0.15, -0.1) is 0 Å². The topological polar surface area (TPSA) is 0 Å². The van der Waals surface area contributed by atoms with E-state index in [1.807, 2.05) is 55.4 Å². The fourth-order valence-corrected chi connectivity index (χ4v) is 2.54. The molecule has 0 radical (unpaired) electrons. The van der Waals surface area contributed by atoms with Crippen molar-refractivity contribution in [2.24, 2.45) is 0 Å². The van der Waals surface area contributed by atoms with Crippen LogP contribution in [0.25, 0.3) is 0 Å². The van der Waals surface area contributed by atoms with E-state index in [4.69, 9.17) is 0 Å². The highest BCUT2D eigenvalue weighted by molar-refractivity contribution is 5.28. The van der Waals surface area contributed by atoms with Gasteiger partial charge in [0, 0.05) is 0 Å². The molecule has 188 valence electrons. The van der Waals surface area contributed by atoms with E-state index in [0.29, 0.717) is 23.7 Å². The standard InChI is InChI=1S/2C12H18.4C2H6/c1-9(2)11-5-7-12(8-6-11)10(3)4;1-9(2)11-6-5-7-12(8-11)10(3)4;4*1-2/h2*5-10H,1-4H3;4*1-2H3. The van der Waals surface area contributed by atoms with Gasteiger partial charge in [0.15, 0.2) is 0 Å². The van der Waals surface area contributed by atoms with Crippen LogP contribution in [0.1, 0.15) is 157 Å². The van der Waals surface area contributed by atoms with Gasteiger partial charge < -0.3 is 0 Å². The summed E-state index contributed by atoms with van der Waals surface area (Å²) >= 11 is 0. The number of hydrogen-bond acceptors (Lipinski definition) is 0.